The third-order valence-corrected chi connectivity index (χ3v) is 2.70. The Morgan fingerprint density at radius 1 is 1.56 bits per heavy atom. The Hall–Kier alpha value is -1.62. The molecule has 0 aromatic heterocycles. The van der Waals surface area contributed by atoms with E-state index in [1.54, 1.807) is 0 Å². The predicted octanol–water partition coefficient (Wildman–Crippen LogP) is 1.10. The van der Waals surface area contributed by atoms with Gasteiger partial charge in [-0.2, -0.15) is 0 Å². The van der Waals surface area contributed by atoms with E-state index in [2.05, 4.69) is 0 Å². The van der Waals surface area contributed by atoms with Crippen LogP contribution in [-0.2, 0) is 10.2 Å². The van der Waals surface area contributed by atoms with Crippen LogP contribution in [0, 0.1) is 5.82 Å². The predicted molar refractivity (Wildman–Crippen MR) is 59.5 cm³/mol. The molecule has 0 fully saturated rings. The summed E-state index contributed by atoms with van der Waals surface area (Å²) in [6.45, 7) is 1.63. The van der Waals surface area contributed by atoms with Crippen molar-refractivity contribution in [3.8, 4) is 0 Å². The van der Waals surface area contributed by atoms with Gasteiger partial charge in [0.05, 0.1) is 5.41 Å². The fourth-order valence-corrected chi connectivity index (χ4v) is 1.62. The maximum atomic E-state index is 13.6. The summed E-state index contributed by atoms with van der Waals surface area (Å²) in [5.41, 5.74) is 9.83. The van der Waals surface area contributed by atoms with E-state index >= 15 is 0 Å². The van der Waals surface area contributed by atoms with Crippen LogP contribution in [-0.4, -0.2) is 17.6 Å². The number of nitrogens with two attached hydrogens (primary N) is 2. The molecule has 4 nitrogen and oxygen atoms in total. The molecule has 16 heavy (non-hydrogen) atoms. The molecule has 0 heterocycles. The van der Waals surface area contributed by atoms with Crippen molar-refractivity contribution in [1.82, 2.24) is 0 Å². The van der Waals surface area contributed by atoms with Gasteiger partial charge in [0.2, 0.25) is 0 Å². The first-order valence-electron chi connectivity index (χ1n) is 4.91. The number of hydrogen-bond acceptors (Lipinski definition) is 3. The Morgan fingerprint density at radius 3 is 2.62 bits per heavy atom. The molecular weight excluding hydrogens is 211 g/mol. The van der Waals surface area contributed by atoms with E-state index in [1.807, 2.05) is 0 Å². The quantitative estimate of drug-likeness (QED) is 0.670. The van der Waals surface area contributed by atoms with Crippen LogP contribution in [0.1, 0.15) is 18.9 Å². The summed E-state index contributed by atoms with van der Waals surface area (Å²) in [6.07, 6.45) is 0.170. The van der Waals surface area contributed by atoms with Gasteiger partial charge < -0.3 is 16.6 Å². The van der Waals surface area contributed by atoms with Crippen molar-refractivity contribution in [1.29, 1.82) is 0 Å². The van der Waals surface area contributed by atoms with Crippen LogP contribution in [0.2, 0.25) is 0 Å². The molecule has 1 aromatic rings. The zero-order valence-electron chi connectivity index (χ0n) is 9.03. The van der Waals surface area contributed by atoms with E-state index in [4.69, 9.17) is 16.6 Å². The third-order valence-electron chi connectivity index (χ3n) is 2.70. The van der Waals surface area contributed by atoms with Crippen LogP contribution in [0.15, 0.2) is 18.2 Å². The summed E-state index contributed by atoms with van der Waals surface area (Å²) in [5.74, 6) is -1.71. The molecule has 5 N–H and O–H groups in total. The van der Waals surface area contributed by atoms with Crippen molar-refractivity contribution in [3.63, 3.8) is 0 Å². The number of carbonyl (C=O) groups is 1. The molecule has 0 aliphatic carbocycles. The average molecular weight is 226 g/mol. The van der Waals surface area contributed by atoms with Gasteiger partial charge in [-0.1, -0.05) is 6.07 Å². The smallest absolute Gasteiger partial charge is 0.313 e. The summed E-state index contributed by atoms with van der Waals surface area (Å²) in [6, 6.07) is 4.00. The molecule has 1 atom stereocenters. The monoisotopic (exact) mass is 226 g/mol. The van der Waals surface area contributed by atoms with Crippen molar-refractivity contribution in [2.24, 2.45) is 5.73 Å². The topological polar surface area (TPSA) is 89.3 Å². The number of hydrogen-bond donors (Lipinski definition) is 3. The van der Waals surface area contributed by atoms with Gasteiger partial charge in [-0.05, 0) is 32.0 Å². The number of anilines is 1. The number of rotatable bonds is 4. The lowest BCUT2D eigenvalue weighted by Crippen LogP contribution is -2.35. The van der Waals surface area contributed by atoms with Crippen LogP contribution >= 0.6 is 0 Å². The first-order chi connectivity index (χ1) is 7.41. The standard InChI is InChI=1S/C11H15FN2O2/c1-11(4-5-13,10(15)16)8-3-2-7(14)6-9(8)12/h2-3,6H,4-5,13-14H2,1H3,(H,15,16). The SMILES string of the molecule is CC(CCN)(C(=O)O)c1ccc(N)cc1F. The van der Waals surface area contributed by atoms with E-state index in [1.165, 1.54) is 19.1 Å². The number of benzene rings is 1. The lowest BCUT2D eigenvalue weighted by atomic mass is 9.79. The summed E-state index contributed by atoms with van der Waals surface area (Å²) in [7, 11) is 0. The van der Waals surface area contributed by atoms with Gasteiger partial charge in [-0.25, -0.2) is 4.39 Å². The van der Waals surface area contributed by atoms with Gasteiger partial charge in [0.25, 0.3) is 0 Å². The molecular formula is C11H15FN2O2. The van der Waals surface area contributed by atoms with Gasteiger partial charge >= 0.3 is 5.97 Å². The molecule has 0 amide bonds. The van der Waals surface area contributed by atoms with Crippen molar-refractivity contribution in [2.45, 2.75) is 18.8 Å². The van der Waals surface area contributed by atoms with Gasteiger partial charge in [0.1, 0.15) is 5.82 Å². The molecule has 1 rings (SSSR count). The highest BCUT2D eigenvalue weighted by Crippen LogP contribution is 2.30. The summed E-state index contributed by atoms with van der Waals surface area (Å²) in [4.78, 5) is 11.2. The van der Waals surface area contributed by atoms with Crippen LogP contribution in [0.5, 0.6) is 0 Å². The van der Waals surface area contributed by atoms with Crippen LogP contribution in [0.25, 0.3) is 0 Å². The van der Waals surface area contributed by atoms with E-state index in [0.29, 0.717) is 0 Å². The lowest BCUT2D eigenvalue weighted by molar-refractivity contribution is -0.143. The molecule has 1 unspecified atom stereocenters. The summed E-state index contributed by atoms with van der Waals surface area (Å²) in [5, 5.41) is 9.16. The minimum absolute atomic E-state index is 0.111. The van der Waals surface area contributed by atoms with Gasteiger partial charge in [0.15, 0.2) is 0 Å². The normalized spacial score (nSPS) is 14.4. The molecule has 0 saturated carbocycles. The van der Waals surface area contributed by atoms with Gasteiger partial charge in [-0.15, -0.1) is 0 Å². The second-order valence-corrected chi connectivity index (χ2v) is 3.92. The number of carboxylic acids is 1. The van der Waals surface area contributed by atoms with E-state index in [9.17, 15) is 9.18 Å². The minimum Gasteiger partial charge on any atom is -0.481 e. The highest BCUT2D eigenvalue weighted by Gasteiger charge is 2.36. The third kappa shape index (κ3) is 2.14. The summed E-state index contributed by atoms with van der Waals surface area (Å²) < 4.78 is 13.6. The van der Waals surface area contributed by atoms with E-state index < -0.39 is 17.2 Å². The second kappa shape index (κ2) is 4.49. The van der Waals surface area contributed by atoms with Crippen molar-refractivity contribution in [2.75, 3.05) is 12.3 Å². The molecule has 0 bridgehead atoms. The average Bonchev–Trinajstić information content (AvgIpc) is 2.17. The Bertz CT molecular complexity index is 409. The number of carboxylic acid groups (broad SMARTS) is 1. The summed E-state index contributed by atoms with van der Waals surface area (Å²) >= 11 is 0. The van der Waals surface area contributed by atoms with Gasteiger partial charge in [0, 0.05) is 11.3 Å². The van der Waals surface area contributed by atoms with E-state index in [-0.39, 0.29) is 24.2 Å². The molecule has 0 radical (unpaired) electrons. The maximum absolute atomic E-state index is 13.6. The Balaban J connectivity index is 3.26. The highest BCUT2D eigenvalue weighted by atomic mass is 19.1. The fourth-order valence-electron chi connectivity index (χ4n) is 1.62. The lowest BCUT2D eigenvalue weighted by Gasteiger charge is -2.25. The van der Waals surface area contributed by atoms with Crippen LogP contribution in [0.3, 0.4) is 0 Å². The van der Waals surface area contributed by atoms with Gasteiger partial charge in [-0.3, -0.25) is 4.79 Å². The maximum Gasteiger partial charge on any atom is 0.313 e. The molecule has 0 aliphatic heterocycles. The minimum atomic E-state index is -1.31. The molecule has 88 valence electrons. The number of aliphatic carboxylic acids is 1. The zero-order chi connectivity index (χ0) is 12.3. The Kier molecular flexibility index (Phi) is 3.49. The second-order valence-electron chi connectivity index (χ2n) is 3.92. The van der Waals surface area contributed by atoms with E-state index in [0.717, 1.165) is 6.07 Å². The first kappa shape index (κ1) is 12.4. The first-order valence-corrected chi connectivity index (χ1v) is 4.91. The molecule has 0 spiro atoms. The highest BCUT2D eigenvalue weighted by molar-refractivity contribution is 5.81. The van der Waals surface area contributed by atoms with Crippen molar-refractivity contribution >= 4 is 11.7 Å². The number of halogens is 1. The fraction of sp³-hybridized carbons (Fsp3) is 0.364. The van der Waals surface area contributed by atoms with Crippen LogP contribution < -0.4 is 11.5 Å². The largest absolute Gasteiger partial charge is 0.481 e. The van der Waals surface area contributed by atoms with Crippen molar-refractivity contribution < 1.29 is 14.3 Å². The molecule has 1 aromatic carbocycles. The zero-order valence-corrected chi connectivity index (χ0v) is 9.03. The Labute approximate surface area is 93.1 Å². The Morgan fingerprint density at radius 2 is 2.19 bits per heavy atom. The molecule has 0 aliphatic rings. The van der Waals surface area contributed by atoms with Crippen LogP contribution in [0.4, 0.5) is 10.1 Å². The molecule has 5 heteroatoms. The molecule has 0 saturated heterocycles. The van der Waals surface area contributed by atoms with Crippen molar-refractivity contribution in [3.05, 3.63) is 29.6 Å². The number of nitrogen functional groups attached to an aromatic ring is 1.